The minimum Gasteiger partial charge on any atom is -0.396 e. The Morgan fingerprint density at radius 1 is 0.333 bits per heavy atom. The minimum absolute atomic E-state index is 0. The molecule has 3 amide bonds. The fourth-order valence-corrected chi connectivity index (χ4v) is 14900. The van der Waals surface area contributed by atoms with Crippen molar-refractivity contribution in [1.29, 1.82) is 0 Å². The third kappa shape index (κ3) is 81.2. The maximum absolute atomic E-state index is 13.7. The average molecular weight is 11400 g/mol. The molecule has 0 aromatic heterocycles. The molecule has 2 heterocycles. The van der Waals surface area contributed by atoms with E-state index in [1.54, 1.807) is 32.6 Å². The van der Waals surface area contributed by atoms with Crippen LogP contribution in [0.5, 0.6) is 0 Å². The smallest absolute Gasteiger partial charge is 0.196 e. The van der Waals surface area contributed by atoms with Crippen molar-refractivity contribution >= 4 is 1210 Å². The van der Waals surface area contributed by atoms with Crippen molar-refractivity contribution in [2.24, 2.45) is 11.8 Å². The number of rotatable bonds is 41. The largest absolute Gasteiger partial charge is 0.396 e. The van der Waals surface area contributed by atoms with Crippen LogP contribution in [0.4, 0.5) is 47.3 Å². The summed E-state index contributed by atoms with van der Waals surface area (Å²) in [6.07, 6.45) is 0.0648. The zero-order valence-corrected chi connectivity index (χ0v) is 247. The maximum atomic E-state index is 13.7. The first-order valence-electron chi connectivity index (χ1n) is 27.4. The second kappa shape index (κ2) is 114. The predicted molar refractivity (Wildman–Crippen MR) is 1370 cm³/mol. The normalized spacial score (nSPS) is 18.6. The molecular weight excluding hydrogens is 11400 g/mol. The number of likely N-dealkylation sites (tertiary alicyclic amines) is 2. The third-order valence-corrected chi connectivity index (χ3v) is 6210. The van der Waals surface area contributed by atoms with E-state index >= 15 is 0 Å². The summed E-state index contributed by atoms with van der Waals surface area (Å²) in [5.74, 6) is -9.97. The van der Waals surface area contributed by atoms with Gasteiger partial charge in [0, 0.05) is 25.2 Å². The first kappa shape index (κ1) is 204. The van der Waals surface area contributed by atoms with E-state index in [9.17, 15) is 45.5 Å². The van der Waals surface area contributed by atoms with Gasteiger partial charge >= 0.3 is 1130 Å². The van der Waals surface area contributed by atoms with Gasteiger partial charge in [-0.25, -0.2) is 35.9 Å². The number of nitrogens with one attached hydrogen (secondary N) is 1. The molecule has 10 nitrogen and oxygen atoms in total. The van der Waals surface area contributed by atoms with Crippen LogP contribution >= 0.6 is 1170 Å². The van der Waals surface area contributed by atoms with Crippen molar-refractivity contribution < 1.29 is 68.2 Å². The van der Waals surface area contributed by atoms with Gasteiger partial charge in [0.15, 0.2) is 34.9 Å². The number of hydrogen-bond acceptors (Lipinski definition) is 7. The van der Waals surface area contributed by atoms with Crippen LogP contribution in [-0.4, -0.2) is 69.5 Å². The van der Waals surface area contributed by atoms with Gasteiger partial charge in [0.1, 0.15) is 11.2 Å². The zero-order chi connectivity index (χ0) is 105. The van der Waals surface area contributed by atoms with Gasteiger partial charge in [0.2, 0.25) is 11.1 Å². The molecule has 2 aromatic carbocycles. The van der Waals surface area contributed by atoms with E-state index in [0.717, 1.165) is 24.3 Å². The van der Waals surface area contributed by atoms with Crippen LogP contribution < -0.4 is 24.3 Å². The van der Waals surface area contributed by atoms with Gasteiger partial charge in [-0.15, -0.1) is 0 Å². The molecule has 2 saturated heterocycles. The molecular formula is C34H51ClF6I83N4O6S4-. The van der Waals surface area contributed by atoms with Gasteiger partial charge in [-0.1, -0.05) is 0 Å². The molecule has 2 aliphatic heterocycles. The number of benzene rings is 2. The molecule has 2 aromatic rings. The molecule has 0 saturated carbocycles. The predicted octanol–water partition coefficient (Wildman–Crippen LogP) is 77.9. The van der Waals surface area contributed by atoms with Gasteiger partial charge in [0.05, 0.1) is 23.2 Å². The van der Waals surface area contributed by atoms with Crippen molar-refractivity contribution in [3.8, 4) is 0 Å². The van der Waals surface area contributed by atoms with E-state index < -0.39 is 376 Å². The molecule has 0 spiro atoms. The molecule has 3 N–H and O–H groups in total. The minimum atomic E-state index is -1.65. The molecule has 104 heteroatoms. The topological polar surface area (TPSA) is 131 Å². The SMILES string of the molecule is C[C@H]1[C@@H](C(=O)Cl)CCN1C(=O)OC(C)(C)C.C[C@H]1[C@@H](C(=O)Nc2ccc(F)c(F)c2F)CCN1C(=O)OC(C)(C)C.II(I)I(I)I(I)I(I)I(I)I(I)I(I)I(I)I(I)I(I)I(I)I(I)I(I)I(I)I(I)I(I)I(I)I(I)I(I)I(I)I.I[I-]I(I)I(I)I(I)I(I)I(I)I(I)I(I)I(I)I(I)I(I)I(I)I(I)I(I)I(I)I(I)I(I)I(I)I(I)I(I)I.Nc1ccc(F)c(F)c1F.S.S.S.S. The second-order valence-corrected chi connectivity index (χ2v) is 1940. The van der Waals surface area contributed by atoms with E-state index in [1.165, 1.54) is 4.90 Å². The third-order valence-electron chi connectivity index (χ3n) is 10.8. The molecule has 0 aliphatic carbocycles. The van der Waals surface area contributed by atoms with Crippen LogP contribution in [0.25, 0.3) is 0 Å². The molecule has 4 atom stereocenters. The Morgan fingerprint density at radius 2 is 0.529 bits per heavy atom. The fraction of sp³-hybridized carbons (Fsp3) is 0.529. The molecule has 898 valence electrons. The van der Waals surface area contributed by atoms with Gasteiger partial charge in [-0.05, 0) is 104 Å². The number of hydrogen-bond donors (Lipinski definition) is 2. The number of amides is 3. The number of nitrogens with two attached hydrogens (primary N) is 1. The van der Waals surface area contributed by atoms with E-state index in [-0.39, 0.29) is 90.9 Å². The molecule has 0 bridgehead atoms. The zero-order valence-electron chi connectivity index (χ0n) is 62.9. The van der Waals surface area contributed by atoms with Crippen molar-refractivity contribution in [3.05, 3.63) is 59.2 Å². The Balaban J connectivity index is -0.000000567. The first-order chi connectivity index (χ1) is 61.1. The number of carbonyl (C=O) groups is 4. The molecule has 2 aliphatic rings. The van der Waals surface area contributed by atoms with Crippen LogP contribution in [0.3, 0.4) is 0 Å². The summed E-state index contributed by atoms with van der Waals surface area (Å²) in [7, 11) is -19.7. The second-order valence-electron chi connectivity index (χ2n) is 20.3. The van der Waals surface area contributed by atoms with Crippen molar-refractivity contribution in [3.63, 3.8) is 0 Å². The van der Waals surface area contributed by atoms with Gasteiger partial charge in [0.25, 0.3) is 0 Å². The fourth-order valence-electron chi connectivity index (χ4n) is 6.17. The van der Waals surface area contributed by atoms with Gasteiger partial charge in [-0.3, -0.25) is 9.59 Å². The number of ether oxygens (including phenoxy) is 2. The summed E-state index contributed by atoms with van der Waals surface area (Å²) < 4.78 is 86.9. The summed E-state index contributed by atoms with van der Waals surface area (Å²) >= 11 is 145. The van der Waals surface area contributed by atoms with Crippen LogP contribution in [0.15, 0.2) is 24.3 Å². The Labute approximate surface area is 1400 Å². The standard InChI is InChI=1S/C17H21F3N2O3.C11H18ClNO3.C6H4F3N.I42.I41.4H2S/c1-9-10(7-8-22(9)16(24)25-17(2,3)4)15(23)21-12-6-5-11(18)13(19)14(12)20;1-7-8(9(12)14)5-6-13(7)10(15)16-11(2,3)4;7-3-1-2-4(10)6(9)5(3)8;1-23(2)25(5)27(7)29(9)31(11)33(13)35(15)37(17)39(19)41(21)42(22)40(20)38(18)36(16)34(14)32(12)30(10)28(8)26(6)24(3)4;1-22-24(4)26(6)28(8)30(10)32(12)34(14)36(16)38(18)40(20)41(21)39(19)37(17)35(15)33(13)31(11)29(9)27(7)25(5)23(2)3;;;;/h5-6,9-10H,7-8H2,1-4H3,(H,21,23);7-8H,5-6H2,1-4H3;1-2H,10H2;;;4*1H2/q;;;;-1;;;;/t9-,10-;7-,8-;;;;;;;/m00......./s1. The molecule has 0 unspecified atom stereocenters. The summed E-state index contributed by atoms with van der Waals surface area (Å²) in [6, 6.07) is 2.78. The molecule has 4 rings (SSSR count). The van der Waals surface area contributed by atoms with Gasteiger partial charge < -0.3 is 30.3 Å². The van der Waals surface area contributed by atoms with Crippen molar-refractivity contribution in [2.45, 2.75) is 91.5 Å². The monoisotopic (exact) mass is 11400 g/mol. The summed E-state index contributed by atoms with van der Waals surface area (Å²) in [4.78, 5) is 50.4. The quantitative estimate of drug-likeness (QED) is 0.0223. The van der Waals surface area contributed by atoms with Gasteiger partial charge in [-0.2, -0.15) is 54.0 Å². The van der Waals surface area contributed by atoms with Crippen LogP contribution in [0, 0.1) is 46.7 Å². The van der Waals surface area contributed by atoms with Crippen LogP contribution in [0.1, 0.15) is 68.2 Å². The Hall–Kier alpha value is 57.8. The average Bonchev–Trinajstić information content (AvgIpc) is 1.65. The number of nitrogens with zero attached hydrogens (tertiary/aromatic N) is 2. The van der Waals surface area contributed by atoms with Crippen molar-refractivity contribution in [2.75, 3.05) is 24.1 Å². The number of halogens is 90. The maximum Gasteiger partial charge on any atom is 0.196 e. The Kier molecular flexibility index (Phi) is 169. The molecule has 2 fully saturated rings. The van der Waals surface area contributed by atoms with E-state index in [2.05, 4.69) is 806 Å². The Morgan fingerprint density at radius 3 is 0.725 bits per heavy atom. The molecule has 0 radical (unpaired) electrons. The van der Waals surface area contributed by atoms with Crippen molar-refractivity contribution in [1.82, 2.24) is 9.80 Å². The molecule has 138 heavy (non-hydrogen) atoms. The summed E-state index contributed by atoms with van der Waals surface area (Å²) in [6.45, 7) is 15.0. The van der Waals surface area contributed by atoms with Crippen LogP contribution in [0.2, 0.25) is 0 Å². The Bertz CT molecular complexity index is 3760. The van der Waals surface area contributed by atoms with E-state index in [1.807, 2.05) is 27.7 Å². The van der Waals surface area contributed by atoms with Crippen LogP contribution in [-0.2, 0) is 19.1 Å². The van der Waals surface area contributed by atoms with E-state index in [4.69, 9.17) is 26.8 Å². The first-order valence-corrected chi connectivity index (χ1v) is 537. The summed E-state index contributed by atoms with van der Waals surface area (Å²) in [5, 5.41) is 1.88. The number of carbonyl (C=O) groups excluding carboxylic acids is 4. The van der Waals surface area contributed by atoms with E-state index in [0.29, 0.717) is 39.2 Å². The summed E-state index contributed by atoms with van der Waals surface area (Å²) in [5.41, 5.74) is 2.91. The number of anilines is 2. The number of nitrogen functional groups attached to an aromatic ring is 1.